The van der Waals surface area contributed by atoms with E-state index in [-0.39, 0.29) is 30.8 Å². The number of nitrogens with zero attached hydrogens (tertiary/aromatic N) is 2. The van der Waals surface area contributed by atoms with Gasteiger partial charge in [0, 0.05) is 6.92 Å². The molecular formula is C17H16N4O5. The zero-order chi connectivity index (χ0) is 18.4. The number of carbonyl (C=O) groups is 2. The third-order valence-corrected chi connectivity index (χ3v) is 3.22. The Labute approximate surface area is 148 Å². The van der Waals surface area contributed by atoms with Crippen molar-refractivity contribution in [1.82, 2.24) is 15.5 Å². The fourth-order valence-corrected chi connectivity index (χ4v) is 2.09. The van der Waals surface area contributed by atoms with Gasteiger partial charge in [0.15, 0.2) is 6.61 Å². The Morgan fingerprint density at radius 1 is 1.19 bits per heavy atom. The Bertz CT molecular complexity index is 888. The molecule has 0 atom stereocenters. The summed E-state index contributed by atoms with van der Waals surface area (Å²) in [4.78, 5) is 27.2. The molecule has 9 nitrogen and oxygen atoms in total. The van der Waals surface area contributed by atoms with Gasteiger partial charge < -0.3 is 24.3 Å². The van der Waals surface area contributed by atoms with E-state index in [1.54, 1.807) is 36.4 Å². The fraction of sp³-hybridized carbons (Fsp3) is 0.176. The van der Waals surface area contributed by atoms with Gasteiger partial charge in [-0.25, -0.2) is 0 Å². The number of furan rings is 1. The monoisotopic (exact) mass is 356 g/mol. The van der Waals surface area contributed by atoms with Gasteiger partial charge in [0.2, 0.25) is 11.7 Å². The fourth-order valence-electron chi connectivity index (χ4n) is 2.09. The molecule has 0 aliphatic heterocycles. The second-order valence-corrected chi connectivity index (χ2v) is 5.24. The van der Waals surface area contributed by atoms with Crippen molar-refractivity contribution in [2.24, 2.45) is 0 Å². The lowest BCUT2D eigenvalue weighted by molar-refractivity contribution is -0.114. The van der Waals surface area contributed by atoms with Crippen molar-refractivity contribution >= 4 is 17.5 Å². The Hall–Kier alpha value is -3.62. The van der Waals surface area contributed by atoms with Crippen LogP contribution in [0.4, 0.5) is 5.69 Å². The molecule has 0 aliphatic carbocycles. The largest absolute Gasteiger partial charge is 0.483 e. The number of benzene rings is 1. The number of amides is 2. The molecule has 3 aromatic rings. The van der Waals surface area contributed by atoms with Crippen LogP contribution in [0.2, 0.25) is 0 Å². The number of ether oxygens (including phenoxy) is 1. The maximum atomic E-state index is 12.0. The van der Waals surface area contributed by atoms with Crippen LogP contribution >= 0.6 is 0 Å². The minimum atomic E-state index is -0.515. The maximum absolute atomic E-state index is 12.0. The highest BCUT2D eigenvalue weighted by Gasteiger charge is 2.16. The van der Waals surface area contributed by atoms with E-state index >= 15 is 0 Å². The number of carbonyl (C=O) groups excluding carboxylic acids is 2. The number of hydrogen-bond donors (Lipinski definition) is 2. The molecule has 0 saturated heterocycles. The summed E-state index contributed by atoms with van der Waals surface area (Å²) in [5, 5.41) is 8.97. The van der Waals surface area contributed by atoms with Crippen LogP contribution < -0.4 is 15.4 Å². The summed E-state index contributed by atoms with van der Waals surface area (Å²) in [6, 6.07) is 10.4. The van der Waals surface area contributed by atoms with E-state index in [4.69, 9.17) is 13.7 Å². The molecule has 0 saturated carbocycles. The quantitative estimate of drug-likeness (QED) is 0.665. The third kappa shape index (κ3) is 4.47. The van der Waals surface area contributed by atoms with Crippen LogP contribution in [0.15, 0.2) is 51.6 Å². The summed E-state index contributed by atoms with van der Waals surface area (Å²) in [6.07, 6.45) is 1.52. The van der Waals surface area contributed by atoms with Crippen LogP contribution in [0.1, 0.15) is 29.2 Å². The molecule has 0 spiro atoms. The normalized spacial score (nSPS) is 10.3. The molecule has 9 heteroatoms. The van der Waals surface area contributed by atoms with Crippen molar-refractivity contribution in [3.63, 3.8) is 0 Å². The van der Waals surface area contributed by atoms with E-state index in [0.29, 0.717) is 17.2 Å². The number of rotatable bonds is 7. The average Bonchev–Trinajstić information content (AvgIpc) is 3.30. The molecule has 0 bridgehead atoms. The number of aromatic nitrogens is 2. The first-order chi connectivity index (χ1) is 12.6. The summed E-state index contributed by atoms with van der Waals surface area (Å²) < 4.78 is 15.6. The average molecular weight is 356 g/mol. The molecular weight excluding hydrogens is 340 g/mol. The standard InChI is InChI=1S/C17H16N4O5/c1-11(22)19-13-6-2-3-7-14(13)25-10-15-20-17(26-21-15)16(23)18-9-12-5-4-8-24-12/h2-8H,9-10H2,1H3,(H,18,23)(H,19,22). The third-order valence-electron chi connectivity index (χ3n) is 3.22. The first kappa shape index (κ1) is 17.2. The lowest BCUT2D eigenvalue weighted by atomic mass is 10.3. The highest BCUT2D eigenvalue weighted by Crippen LogP contribution is 2.24. The summed E-state index contributed by atoms with van der Waals surface area (Å²) in [6.45, 7) is 1.60. The van der Waals surface area contributed by atoms with Crippen molar-refractivity contribution in [2.45, 2.75) is 20.1 Å². The van der Waals surface area contributed by atoms with Crippen molar-refractivity contribution in [3.8, 4) is 5.75 Å². The molecule has 2 aromatic heterocycles. The van der Waals surface area contributed by atoms with Gasteiger partial charge in [0.25, 0.3) is 0 Å². The van der Waals surface area contributed by atoms with Crippen LogP contribution in [0.25, 0.3) is 0 Å². The van der Waals surface area contributed by atoms with E-state index in [9.17, 15) is 9.59 Å². The summed E-state index contributed by atoms with van der Waals surface area (Å²) in [5.74, 6) is 0.360. The number of hydrogen-bond acceptors (Lipinski definition) is 7. The molecule has 3 rings (SSSR count). The molecule has 0 fully saturated rings. The SMILES string of the molecule is CC(=O)Nc1ccccc1OCc1noc(C(=O)NCc2ccco2)n1. The molecule has 2 heterocycles. The predicted octanol–water partition coefficient (Wildman–Crippen LogP) is 2.13. The minimum absolute atomic E-state index is 0.0223. The lowest BCUT2D eigenvalue weighted by Crippen LogP contribution is -2.22. The van der Waals surface area contributed by atoms with Crippen LogP contribution in [0.3, 0.4) is 0 Å². The molecule has 2 N–H and O–H groups in total. The lowest BCUT2D eigenvalue weighted by Gasteiger charge is -2.09. The highest BCUT2D eigenvalue weighted by molar-refractivity contribution is 5.90. The molecule has 26 heavy (non-hydrogen) atoms. The van der Waals surface area contributed by atoms with E-state index in [2.05, 4.69) is 20.8 Å². The zero-order valence-corrected chi connectivity index (χ0v) is 13.9. The van der Waals surface area contributed by atoms with Crippen LogP contribution in [-0.2, 0) is 17.9 Å². The molecule has 134 valence electrons. The van der Waals surface area contributed by atoms with Gasteiger partial charge >= 0.3 is 11.8 Å². The van der Waals surface area contributed by atoms with Gasteiger partial charge in [-0.2, -0.15) is 4.98 Å². The zero-order valence-electron chi connectivity index (χ0n) is 13.9. The van der Waals surface area contributed by atoms with E-state index in [1.165, 1.54) is 13.2 Å². The van der Waals surface area contributed by atoms with E-state index in [0.717, 1.165) is 0 Å². The first-order valence-corrected chi connectivity index (χ1v) is 7.74. The van der Waals surface area contributed by atoms with Crippen molar-refractivity contribution < 1.29 is 23.3 Å². The van der Waals surface area contributed by atoms with Gasteiger partial charge in [-0.15, -0.1) is 0 Å². The Morgan fingerprint density at radius 3 is 2.81 bits per heavy atom. The van der Waals surface area contributed by atoms with E-state index in [1.807, 2.05) is 0 Å². The second kappa shape index (κ2) is 7.97. The molecule has 0 radical (unpaired) electrons. The molecule has 0 unspecified atom stereocenters. The Kier molecular flexibility index (Phi) is 5.28. The number of para-hydroxylation sites is 2. The second-order valence-electron chi connectivity index (χ2n) is 5.24. The summed E-state index contributed by atoms with van der Waals surface area (Å²) in [5.41, 5.74) is 0.528. The Morgan fingerprint density at radius 2 is 2.04 bits per heavy atom. The summed E-state index contributed by atoms with van der Waals surface area (Å²) >= 11 is 0. The van der Waals surface area contributed by atoms with Crippen LogP contribution in [-0.4, -0.2) is 22.0 Å². The van der Waals surface area contributed by atoms with Gasteiger partial charge in [-0.1, -0.05) is 17.3 Å². The minimum Gasteiger partial charge on any atom is -0.483 e. The number of nitrogens with one attached hydrogen (secondary N) is 2. The molecule has 1 aromatic carbocycles. The van der Waals surface area contributed by atoms with Crippen LogP contribution in [0, 0.1) is 0 Å². The van der Waals surface area contributed by atoms with Crippen molar-refractivity contribution in [3.05, 3.63) is 60.1 Å². The van der Waals surface area contributed by atoms with Gasteiger partial charge in [-0.3, -0.25) is 9.59 Å². The first-order valence-electron chi connectivity index (χ1n) is 7.74. The molecule has 2 amide bonds. The van der Waals surface area contributed by atoms with Crippen LogP contribution in [0.5, 0.6) is 5.75 Å². The number of anilines is 1. The highest BCUT2D eigenvalue weighted by atomic mass is 16.5. The Balaban J connectivity index is 1.57. The van der Waals surface area contributed by atoms with Gasteiger partial charge in [0.05, 0.1) is 18.5 Å². The van der Waals surface area contributed by atoms with Gasteiger partial charge in [0.1, 0.15) is 11.5 Å². The maximum Gasteiger partial charge on any atom is 0.316 e. The topological polar surface area (TPSA) is 119 Å². The van der Waals surface area contributed by atoms with E-state index < -0.39 is 5.91 Å². The predicted molar refractivity (Wildman–Crippen MR) is 89.3 cm³/mol. The smallest absolute Gasteiger partial charge is 0.316 e. The van der Waals surface area contributed by atoms with Gasteiger partial charge in [-0.05, 0) is 24.3 Å². The molecule has 0 aliphatic rings. The van der Waals surface area contributed by atoms with Crippen molar-refractivity contribution in [2.75, 3.05) is 5.32 Å². The van der Waals surface area contributed by atoms with Crippen molar-refractivity contribution in [1.29, 1.82) is 0 Å². The summed E-state index contributed by atoms with van der Waals surface area (Å²) in [7, 11) is 0.